The van der Waals surface area contributed by atoms with Gasteiger partial charge in [0.05, 0.1) is 11.3 Å². The van der Waals surface area contributed by atoms with E-state index < -0.39 is 0 Å². The van der Waals surface area contributed by atoms with Crippen molar-refractivity contribution in [2.24, 2.45) is 7.05 Å². The second-order valence-corrected chi connectivity index (χ2v) is 6.90. The topological polar surface area (TPSA) is 69.6 Å². The number of aromatic nitrogens is 5. The van der Waals surface area contributed by atoms with Gasteiger partial charge in [-0.3, -0.25) is 0 Å². The van der Waals surface area contributed by atoms with Crippen molar-refractivity contribution in [1.29, 1.82) is 0 Å². The predicted molar refractivity (Wildman–Crippen MR) is 100 cm³/mol. The molecule has 0 aliphatic rings. The fourth-order valence-electron chi connectivity index (χ4n) is 2.69. The molecule has 0 unspecified atom stereocenters. The van der Waals surface area contributed by atoms with E-state index in [4.69, 9.17) is 4.52 Å². The molecule has 0 fully saturated rings. The third-order valence-electron chi connectivity index (χ3n) is 4.13. The first-order valence-corrected chi connectivity index (χ1v) is 9.27. The quantitative estimate of drug-likeness (QED) is 0.481. The number of thioether (sulfide) groups is 1. The van der Waals surface area contributed by atoms with Crippen LogP contribution in [-0.4, -0.2) is 24.9 Å². The molecule has 4 aromatic rings. The van der Waals surface area contributed by atoms with Gasteiger partial charge in [0.1, 0.15) is 5.82 Å². The SMILES string of the molecule is Cc1ccccc1-c1noc(CSc2nnc(-c3ccccc3F)n2C)n1. The van der Waals surface area contributed by atoms with Gasteiger partial charge in [-0.1, -0.05) is 53.3 Å². The van der Waals surface area contributed by atoms with Gasteiger partial charge in [0, 0.05) is 12.6 Å². The van der Waals surface area contributed by atoms with Gasteiger partial charge in [0.2, 0.25) is 11.7 Å². The minimum atomic E-state index is -0.329. The van der Waals surface area contributed by atoms with Gasteiger partial charge in [-0.05, 0) is 24.6 Å². The lowest BCUT2D eigenvalue weighted by atomic mass is 10.1. The van der Waals surface area contributed by atoms with Crippen molar-refractivity contribution in [2.75, 3.05) is 0 Å². The van der Waals surface area contributed by atoms with Crippen LogP contribution in [0.3, 0.4) is 0 Å². The summed E-state index contributed by atoms with van der Waals surface area (Å²) in [4.78, 5) is 4.45. The molecule has 8 heteroatoms. The summed E-state index contributed by atoms with van der Waals surface area (Å²) in [6.07, 6.45) is 0. The minimum Gasteiger partial charge on any atom is -0.338 e. The van der Waals surface area contributed by atoms with Crippen LogP contribution in [-0.2, 0) is 12.8 Å². The van der Waals surface area contributed by atoms with Gasteiger partial charge in [0.15, 0.2) is 11.0 Å². The Bertz CT molecular complexity index is 1090. The maximum atomic E-state index is 14.0. The summed E-state index contributed by atoms with van der Waals surface area (Å²) in [7, 11) is 1.80. The van der Waals surface area contributed by atoms with Crippen LogP contribution in [0.5, 0.6) is 0 Å². The summed E-state index contributed by atoms with van der Waals surface area (Å²) in [5.74, 6) is 1.65. The lowest BCUT2D eigenvalue weighted by Gasteiger charge is -2.03. The van der Waals surface area contributed by atoms with E-state index in [1.165, 1.54) is 17.8 Å². The molecule has 0 aliphatic heterocycles. The van der Waals surface area contributed by atoms with Crippen LogP contribution in [0.2, 0.25) is 0 Å². The van der Waals surface area contributed by atoms with Gasteiger partial charge in [-0.15, -0.1) is 10.2 Å². The average Bonchev–Trinajstić information content (AvgIpc) is 3.28. The fraction of sp³-hybridized carbons (Fsp3) is 0.158. The number of hydrogen-bond acceptors (Lipinski definition) is 6. The lowest BCUT2D eigenvalue weighted by Crippen LogP contribution is -1.96. The van der Waals surface area contributed by atoms with E-state index in [0.29, 0.717) is 34.0 Å². The van der Waals surface area contributed by atoms with E-state index in [1.807, 2.05) is 31.2 Å². The smallest absolute Gasteiger partial charge is 0.237 e. The molecule has 136 valence electrons. The molecule has 0 saturated carbocycles. The van der Waals surface area contributed by atoms with Crippen molar-refractivity contribution < 1.29 is 8.91 Å². The summed E-state index contributed by atoms with van der Waals surface area (Å²) in [5.41, 5.74) is 2.44. The second kappa shape index (κ2) is 7.32. The number of nitrogens with zero attached hydrogens (tertiary/aromatic N) is 5. The van der Waals surface area contributed by atoms with Crippen LogP contribution < -0.4 is 0 Å². The zero-order valence-corrected chi connectivity index (χ0v) is 15.6. The standard InChI is InChI=1S/C19H16FN5OS/c1-12-7-3-4-8-13(12)17-21-16(26-24-17)11-27-19-23-22-18(25(19)2)14-9-5-6-10-15(14)20/h3-10H,11H2,1-2H3. The first-order valence-electron chi connectivity index (χ1n) is 8.29. The molecule has 2 heterocycles. The van der Waals surface area contributed by atoms with Gasteiger partial charge in [-0.25, -0.2) is 4.39 Å². The van der Waals surface area contributed by atoms with Crippen molar-refractivity contribution in [3.63, 3.8) is 0 Å². The predicted octanol–water partition coefficient (Wildman–Crippen LogP) is 4.27. The van der Waals surface area contributed by atoms with Crippen LogP contribution in [0, 0.1) is 12.7 Å². The monoisotopic (exact) mass is 381 g/mol. The molecule has 0 atom stereocenters. The van der Waals surface area contributed by atoms with Crippen molar-refractivity contribution in [3.8, 4) is 22.8 Å². The van der Waals surface area contributed by atoms with Gasteiger partial charge in [0.25, 0.3) is 0 Å². The molecule has 4 rings (SSSR count). The Kier molecular flexibility index (Phi) is 4.72. The molecule has 2 aromatic heterocycles. The molecular weight excluding hydrogens is 365 g/mol. The summed E-state index contributed by atoms with van der Waals surface area (Å²) in [6.45, 7) is 2.00. The lowest BCUT2D eigenvalue weighted by molar-refractivity contribution is 0.391. The number of benzene rings is 2. The van der Waals surface area contributed by atoms with Crippen LogP contribution >= 0.6 is 11.8 Å². The molecule has 0 aliphatic carbocycles. The molecular formula is C19H16FN5OS. The molecule has 6 nitrogen and oxygen atoms in total. The van der Waals surface area contributed by atoms with Crippen molar-refractivity contribution in [2.45, 2.75) is 17.8 Å². The van der Waals surface area contributed by atoms with Crippen molar-refractivity contribution >= 4 is 11.8 Å². The van der Waals surface area contributed by atoms with Gasteiger partial charge < -0.3 is 9.09 Å². The summed E-state index contributed by atoms with van der Waals surface area (Å²) in [6, 6.07) is 14.4. The Morgan fingerprint density at radius 3 is 2.56 bits per heavy atom. The van der Waals surface area contributed by atoms with Crippen LogP contribution in [0.1, 0.15) is 11.5 Å². The van der Waals surface area contributed by atoms with E-state index in [2.05, 4.69) is 20.3 Å². The highest BCUT2D eigenvalue weighted by Gasteiger charge is 2.16. The maximum absolute atomic E-state index is 14.0. The first-order chi connectivity index (χ1) is 13.1. The third-order valence-corrected chi connectivity index (χ3v) is 5.13. The molecule has 27 heavy (non-hydrogen) atoms. The number of halogens is 1. The highest BCUT2D eigenvalue weighted by Crippen LogP contribution is 2.27. The zero-order valence-electron chi connectivity index (χ0n) is 14.8. The molecule has 0 N–H and O–H groups in total. The van der Waals surface area contributed by atoms with Crippen LogP contribution in [0.15, 0.2) is 58.2 Å². The first kappa shape index (κ1) is 17.4. The molecule has 0 amide bonds. The molecule has 0 saturated heterocycles. The largest absolute Gasteiger partial charge is 0.338 e. The maximum Gasteiger partial charge on any atom is 0.237 e. The second-order valence-electron chi connectivity index (χ2n) is 5.96. The number of hydrogen-bond donors (Lipinski definition) is 0. The van der Waals surface area contributed by atoms with Gasteiger partial charge in [-0.2, -0.15) is 4.98 Å². The Morgan fingerprint density at radius 2 is 1.78 bits per heavy atom. The number of aryl methyl sites for hydroxylation is 1. The molecule has 0 bridgehead atoms. The van der Waals surface area contributed by atoms with E-state index in [1.54, 1.807) is 29.8 Å². The van der Waals surface area contributed by atoms with E-state index in [9.17, 15) is 4.39 Å². The fourth-order valence-corrected chi connectivity index (χ4v) is 3.44. The highest BCUT2D eigenvalue weighted by molar-refractivity contribution is 7.98. The van der Waals surface area contributed by atoms with E-state index >= 15 is 0 Å². The summed E-state index contributed by atoms with van der Waals surface area (Å²) in [5, 5.41) is 13.0. The van der Waals surface area contributed by atoms with Crippen LogP contribution in [0.25, 0.3) is 22.8 Å². The molecule has 0 spiro atoms. The zero-order chi connectivity index (χ0) is 18.8. The minimum absolute atomic E-state index is 0.329. The summed E-state index contributed by atoms with van der Waals surface area (Å²) < 4.78 is 21.1. The van der Waals surface area contributed by atoms with Crippen LogP contribution in [0.4, 0.5) is 4.39 Å². The third kappa shape index (κ3) is 3.48. The van der Waals surface area contributed by atoms with Crippen molar-refractivity contribution in [3.05, 3.63) is 65.8 Å². The molecule has 0 radical (unpaired) electrons. The average molecular weight is 381 g/mol. The normalized spacial score (nSPS) is 11.1. The summed E-state index contributed by atoms with van der Waals surface area (Å²) >= 11 is 1.40. The highest BCUT2D eigenvalue weighted by atomic mass is 32.2. The Morgan fingerprint density at radius 1 is 1.04 bits per heavy atom. The molecule has 2 aromatic carbocycles. The van der Waals surface area contributed by atoms with Gasteiger partial charge >= 0.3 is 0 Å². The Hall–Kier alpha value is -3.00. The Balaban J connectivity index is 1.51. The Labute approximate surface area is 159 Å². The van der Waals surface area contributed by atoms with E-state index in [-0.39, 0.29) is 5.82 Å². The van der Waals surface area contributed by atoms with Crippen molar-refractivity contribution in [1.82, 2.24) is 24.9 Å². The number of rotatable bonds is 5. The van der Waals surface area contributed by atoms with E-state index in [0.717, 1.165) is 11.1 Å².